The highest BCUT2D eigenvalue weighted by Crippen LogP contribution is 2.36. The Kier molecular flexibility index (Phi) is 12.5. The van der Waals surface area contributed by atoms with Gasteiger partial charge in [0.15, 0.2) is 0 Å². The normalized spacial score (nSPS) is 17.1. The van der Waals surface area contributed by atoms with Crippen LogP contribution in [0.5, 0.6) is 17.6 Å². The van der Waals surface area contributed by atoms with E-state index in [4.69, 9.17) is 28.4 Å². The highest BCUT2D eigenvalue weighted by atomic mass is 16.7. The predicted octanol–water partition coefficient (Wildman–Crippen LogP) is 9.24. The summed E-state index contributed by atoms with van der Waals surface area (Å²) in [6.07, 6.45) is 8.40. The summed E-state index contributed by atoms with van der Waals surface area (Å²) in [5, 5.41) is 0. The van der Waals surface area contributed by atoms with Crippen LogP contribution in [0, 0.1) is 0 Å². The second-order valence-electron chi connectivity index (χ2n) is 16.0. The smallest absolute Gasteiger partial charge is 0.410 e. The van der Waals surface area contributed by atoms with Gasteiger partial charge in [-0.05, 0) is 102 Å². The molecule has 10 nitrogen and oxygen atoms in total. The van der Waals surface area contributed by atoms with Crippen LogP contribution in [0.3, 0.4) is 0 Å². The molecule has 5 rings (SSSR count). The first-order chi connectivity index (χ1) is 24.1. The molecule has 2 aromatic carbocycles. The number of ether oxygens (including phenoxy) is 6. The maximum Gasteiger partial charge on any atom is 0.410 e. The molecular weight excluding hydrogens is 646 g/mol. The second-order valence-corrected chi connectivity index (χ2v) is 16.0. The van der Waals surface area contributed by atoms with E-state index >= 15 is 0 Å². The average molecular weight is 704 g/mol. The summed E-state index contributed by atoms with van der Waals surface area (Å²) in [7, 11) is 0. The molecule has 51 heavy (non-hydrogen) atoms. The number of carbonyl (C=O) groups is 1. The fraction of sp³-hybridized carbons (Fsp3) is 0.585. The highest BCUT2D eigenvalue weighted by Gasteiger charge is 2.34. The molecule has 1 atom stereocenters. The van der Waals surface area contributed by atoms with Crippen molar-refractivity contribution in [3.63, 3.8) is 0 Å². The van der Waals surface area contributed by atoms with E-state index in [9.17, 15) is 4.79 Å². The Balaban J connectivity index is 0.959. The number of unbranched alkanes of at least 4 members (excludes halogenated alkanes) is 4. The number of cyclic esters (lactones) is 1. The summed E-state index contributed by atoms with van der Waals surface area (Å²) in [6, 6.07) is 14.8. The number of nitrogens with zero attached hydrogens (tertiary/aromatic N) is 3. The van der Waals surface area contributed by atoms with E-state index in [1.807, 2.05) is 78.5 Å². The van der Waals surface area contributed by atoms with E-state index in [1.54, 1.807) is 6.20 Å². The summed E-state index contributed by atoms with van der Waals surface area (Å²) in [5.74, 6) is 0.713. The van der Waals surface area contributed by atoms with E-state index in [0.717, 1.165) is 86.2 Å². The number of carbonyl (C=O) groups excluding carboxylic acids is 1. The molecule has 10 heteroatoms. The Morgan fingerprint density at radius 2 is 1.65 bits per heavy atom. The summed E-state index contributed by atoms with van der Waals surface area (Å²) < 4.78 is 35.4. The van der Waals surface area contributed by atoms with Gasteiger partial charge in [-0.2, -0.15) is 4.98 Å². The second kappa shape index (κ2) is 16.6. The van der Waals surface area contributed by atoms with Crippen LogP contribution in [0.25, 0.3) is 11.1 Å². The molecule has 0 radical (unpaired) electrons. The van der Waals surface area contributed by atoms with Crippen molar-refractivity contribution in [2.45, 2.75) is 130 Å². The van der Waals surface area contributed by atoms with Gasteiger partial charge in [0.05, 0.1) is 18.7 Å². The van der Waals surface area contributed by atoms with Crippen LogP contribution in [0.1, 0.15) is 117 Å². The Labute approximate surface area is 304 Å². The summed E-state index contributed by atoms with van der Waals surface area (Å²) in [6.45, 7) is 19.0. The third-order valence-corrected chi connectivity index (χ3v) is 8.52. The van der Waals surface area contributed by atoms with Crippen molar-refractivity contribution in [3.05, 3.63) is 65.4 Å². The zero-order chi connectivity index (χ0) is 36.6. The summed E-state index contributed by atoms with van der Waals surface area (Å²) >= 11 is 0. The van der Waals surface area contributed by atoms with Crippen molar-refractivity contribution in [3.8, 4) is 28.8 Å². The Morgan fingerprint density at radius 1 is 0.902 bits per heavy atom. The molecule has 1 aromatic heterocycles. The lowest BCUT2D eigenvalue weighted by Crippen LogP contribution is -2.35. The number of aryl methyl sites for hydroxylation is 1. The van der Waals surface area contributed by atoms with Gasteiger partial charge >= 0.3 is 12.1 Å². The van der Waals surface area contributed by atoms with Gasteiger partial charge in [0.2, 0.25) is 11.7 Å². The fourth-order valence-corrected chi connectivity index (χ4v) is 6.05. The highest BCUT2D eigenvalue weighted by molar-refractivity contribution is 5.70. The van der Waals surface area contributed by atoms with Crippen LogP contribution in [0.15, 0.2) is 48.7 Å². The zero-order valence-corrected chi connectivity index (χ0v) is 31.9. The van der Waals surface area contributed by atoms with E-state index in [0.29, 0.717) is 31.6 Å². The molecule has 1 amide bonds. The number of amides is 1. The van der Waals surface area contributed by atoms with Gasteiger partial charge in [-0.15, -0.1) is 0 Å². The monoisotopic (exact) mass is 703 g/mol. The molecule has 0 bridgehead atoms. The van der Waals surface area contributed by atoms with Crippen LogP contribution in [-0.2, 0) is 27.2 Å². The first-order valence-corrected chi connectivity index (χ1v) is 18.5. The van der Waals surface area contributed by atoms with E-state index in [2.05, 4.69) is 34.2 Å². The standard InChI is InChI=1S/C41H57N3O7/c1-39(2,3)50-36-33(26-42-37(43-36)51-40(4,5)6)30-18-15-17-29(24-30)16-11-14-23-46-22-13-10-9-12-21-44-27-35(48-38(44)45)31-19-20-34-32(25-31)28-47-41(7,8)49-34/h15,17-20,24-26,35H,9-14,16,21-23,27-28H2,1-8H3/t35-/m0/s1. The quantitative estimate of drug-likeness (QED) is 0.135. The van der Waals surface area contributed by atoms with Crippen LogP contribution in [0.4, 0.5) is 4.79 Å². The molecule has 1 fully saturated rings. The lowest BCUT2D eigenvalue weighted by molar-refractivity contribution is -0.180. The van der Waals surface area contributed by atoms with Crippen molar-refractivity contribution < 1.29 is 33.2 Å². The predicted molar refractivity (Wildman–Crippen MR) is 197 cm³/mol. The Morgan fingerprint density at radius 3 is 2.41 bits per heavy atom. The lowest BCUT2D eigenvalue weighted by atomic mass is 10.0. The van der Waals surface area contributed by atoms with Crippen molar-refractivity contribution >= 4 is 6.09 Å². The average Bonchev–Trinajstić information content (AvgIpc) is 3.41. The largest absolute Gasteiger partial charge is 0.471 e. The first kappa shape index (κ1) is 38.3. The third-order valence-electron chi connectivity index (χ3n) is 8.52. The first-order valence-electron chi connectivity index (χ1n) is 18.5. The molecule has 278 valence electrons. The maximum absolute atomic E-state index is 12.5. The van der Waals surface area contributed by atoms with Crippen molar-refractivity contribution in [1.29, 1.82) is 0 Å². The molecular formula is C41H57N3O7. The van der Waals surface area contributed by atoms with Crippen LogP contribution in [0.2, 0.25) is 0 Å². The van der Waals surface area contributed by atoms with Crippen molar-refractivity contribution in [2.75, 3.05) is 26.3 Å². The minimum atomic E-state index is -0.631. The minimum absolute atomic E-state index is 0.241. The third kappa shape index (κ3) is 11.8. The van der Waals surface area contributed by atoms with Gasteiger partial charge in [-0.25, -0.2) is 9.78 Å². The van der Waals surface area contributed by atoms with E-state index in [1.165, 1.54) is 5.56 Å². The van der Waals surface area contributed by atoms with Crippen LogP contribution < -0.4 is 14.2 Å². The minimum Gasteiger partial charge on any atom is -0.471 e. The van der Waals surface area contributed by atoms with Gasteiger partial charge in [0.25, 0.3) is 0 Å². The number of fused-ring (bicyclic) bond motifs is 1. The number of benzene rings is 2. The summed E-state index contributed by atoms with van der Waals surface area (Å²) in [5.41, 5.74) is 4.27. The fourth-order valence-electron chi connectivity index (χ4n) is 6.05. The summed E-state index contributed by atoms with van der Waals surface area (Å²) in [4.78, 5) is 23.4. The zero-order valence-electron chi connectivity index (χ0n) is 31.9. The molecule has 0 spiro atoms. The number of hydrogen-bond acceptors (Lipinski definition) is 9. The van der Waals surface area contributed by atoms with Gasteiger partial charge < -0.3 is 33.3 Å². The van der Waals surface area contributed by atoms with Crippen LogP contribution in [-0.4, -0.2) is 64.3 Å². The van der Waals surface area contributed by atoms with Crippen molar-refractivity contribution in [2.24, 2.45) is 0 Å². The molecule has 3 aromatic rings. The molecule has 0 aliphatic carbocycles. The van der Waals surface area contributed by atoms with Gasteiger partial charge in [-0.3, -0.25) is 0 Å². The molecule has 3 heterocycles. The molecule has 0 unspecified atom stereocenters. The number of rotatable bonds is 16. The van der Waals surface area contributed by atoms with Gasteiger partial charge in [0, 0.05) is 45.4 Å². The van der Waals surface area contributed by atoms with Gasteiger partial charge in [-0.1, -0.05) is 43.2 Å². The number of aromatic nitrogens is 2. The molecule has 1 saturated heterocycles. The molecule has 2 aliphatic heterocycles. The topological polar surface area (TPSA) is 101 Å². The maximum atomic E-state index is 12.5. The molecule has 0 saturated carbocycles. The number of hydrogen-bond donors (Lipinski definition) is 0. The lowest BCUT2D eigenvalue weighted by Gasteiger charge is -2.32. The SMILES string of the molecule is CC(C)(C)Oc1ncc(-c2cccc(CCCCOCCCCCCN3C[C@@H](c4ccc5c(c4)COC(C)(C)O5)OC3=O)c2)c(OC(C)(C)C)n1. The molecule has 0 N–H and O–H groups in total. The Bertz CT molecular complexity index is 1610. The Hall–Kier alpha value is -3.89. The van der Waals surface area contributed by atoms with Crippen LogP contribution >= 0.6 is 0 Å². The van der Waals surface area contributed by atoms with E-state index < -0.39 is 17.0 Å². The van der Waals surface area contributed by atoms with Crippen molar-refractivity contribution in [1.82, 2.24) is 14.9 Å². The molecule has 2 aliphatic rings. The van der Waals surface area contributed by atoms with E-state index in [-0.39, 0.29) is 12.2 Å². The van der Waals surface area contributed by atoms with Gasteiger partial charge in [0.1, 0.15) is 23.1 Å².